The number of anilines is 1. The summed E-state index contributed by atoms with van der Waals surface area (Å²) in [6.07, 6.45) is 0.707. The van der Waals surface area contributed by atoms with E-state index in [0.717, 1.165) is 12.2 Å². The Hall–Kier alpha value is -1.67. The molecule has 2 aromatic rings. The third kappa shape index (κ3) is 3.00. The van der Waals surface area contributed by atoms with E-state index in [1.54, 1.807) is 42.3 Å². The first-order chi connectivity index (χ1) is 11.0. The van der Waals surface area contributed by atoms with Gasteiger partial charge in [-0.3, -0.25) is 4.79 Å². The molecule has 2 aromatic carbocycles. The maximum absolute atomic E-state index is 12.6. The molecule has 3 rings (SSSR count). The van der Waals surface area contributed by atoms with E-state index in [1.165, 1.54) is 0 Å². The van der Waals surface area contributed by atoms with Crippen LogP contribution in [-0.4, -0.2) is 41.5 Å². The molecule has 2 N–H and O–H groups in total. The van der Waals surface area contributed by atoms with Crippen LogP contribution < -0.4 is 14.9 Å². The minimum absolute atomic E-state index is 0. The van der Waals surface area contributed by atoms with Crippen molar-refractivity contribution in [2.75, 3.05) is 32.1 Å². The number of hydrogen-bond donors (Lipinski definition) is 2. The number of nitrogens with one attached hydrogen (secondary N) is 2. The molecule has 0 fully saturated rings. The summed E-state index contributed by atoms with van der Waals surface area (Å²) in [6.45, 7) is 1.11. The fourth-order valence-corrected chi connectivity index (χ4v) is 4.17. The fraction of sp³-hybridized carbons (Fsp3) is 0.312. The number of carbonyl (C=O) groups is 1. The highest BCUT2D eigenvalue weighted by Crippen LogP contribution is 2.39. The number of halogens is 1. The van der Waals surface area contributed by atoms with Gasteiger partial charge in [-0.1, -0.05) is 12.1 Å². The Balaban J connectivity index is 0.00000208. The molecule has 0 atom stereocenters. The zero-order valence-corrected chi connectivity index (χ0v) is 15.1. The molecule has 0 unspecified atom stereocenters. The molecule has 0 aliphatic carbocycles. The smallest absolute Gasteiger partial charge is 0.258 e. The molecule has 6 nitrogen and oxygen atoms in total. The van der Waals surface area contributed by atoms with Gasteiger partial charge in [0.25, 0.3) is 5.91 Å². The van der Waals surface area contributed by atoms with Gasteiger partial charge in [-0.15, -0.1) is 12.4 Å². The van der Waals surface area contributed by atoms with Crippen LogP contribution in [0.25, 0.3) is 10.8 Å². The topological polar surface area (TPSA) is 78.5 Å². The van der Waals surface area contributed by atoms with E-state index in [-0.39, 0.29) is 23.2 Å². The lowest BCUT2D eigenvalue weighted by Gasteiger charge is -2.12. The molecule has 1 aliphatic heterocycles. The maximum Gasteiger partial charge on any atom is 0.258 e. The molecule has 24 heavy (non-hydrogen) atoms. The average Bonchev–Trinajstić information content (AvgIpc) is 2.79. The third-order valence-electron chi connectivity index (χ3n) is 4.06. The molecule has 1 heterocycles. The molecule has 0 radical (unpaired) electrons. The Kier molecular flexibility index (Phi) is 5.49. The Morgan fingerprint density at radius 2 is 1.88 bits per heavy atom. The number of hydrogen-bond acceptors (Lipinski definition) is 4. The molecule has 0 aromatic heterocycles. The van der Waals surface area contributed by atoms with E-state index in [2.05, 4.69) is 10.0 Å². The molecule has 0 bridgehead atoms. The quantitative estimate of drug-likeness (QED) is 0.760. The standard InChI is InChI=1S/C16H19N3O3S.ClH/c1-17-9-4-10-18-23(21,22)14-8-7-13-15-11(14)5-3-6-12(15)16(20)19(13)2;/h3,5-8,17-18H,4,9-10H2,1-2H3;1H. The summed E-state index contributed by atoms with van der Waals surface area (Å²) in [5, 5.41) is 4.27. The molecular weight excluding hydrogens is 350 g/mol. The van der Waals surface area contributed by atoms with Gasteiger partial charge < -0.3 is 10.2 Å². The van der Waals surface area contributed by atoms with Crippen molar-refractivity contribution in [3.8, 4) is 0 Å². The Labute approximate surface area is 147 Å². The lowest BCUT2D eigenvalue weighted by atomic mass is 10.1. The number of rotatable bonds is 6. The van der Waals surface area contributed by atoms with Crippen molar-refractivity contribution in [3.63, 3.8) is 0 Å². The van der Waals surface area contributed by atoms with E-state index in [9.17, 15) is 13.2 Å². The summed E-state index contributed by atoms with van der Waals surface area (Å²) in [5.74, 6) is -0.109. The molecular formula is C16H20ClN3O3S. The highest BCUT2D eigenvalue weighted by atomic mass is 35.5. The summed E-state index contributed by atoms with van der Waals surface area (Å²) in [4.78, 5) is 14.0. The van der Waals surface area contributed by atoms with Crippen LogP contribution >= 0.6 is 12.4 Å². The van der Waals surface area contributed by atoms with E-state index >= 15 is 0 Å². The summed E-state index contributed by atoms with van der Waals surface area (Å²) >= 11 is 0. The van der Waals surface area contributed by atoms with Gasteiger partial charge in [-0.25, -0.2) is 13.1 Å². The first kappa shape index (κ1) is 18.7. The minimum Gasteiger partial charge on any atom is -0.320 e. The second-order valence-corrected chi connectivity index (χ2v) is 7.27. The van der Waals surface area contributed by atoms with Crippen LogP contribution in [0.3, 0.4) is 0 Å². The van der Waals surface area contributed by atoms with Crippen LogP contribution in [0.5, 0.6) is 0 Å². The minimum atomic E-state index is -3.62. The predicted molar refractivity (Wildman–Crippen MR) is 97.7 cm³/mol. The highest BCUT2D eigenvalue weighted by molar-refractivity contribution is 7.89. The first-order valence-electron chi connectivity index (χ1n) is 7.45. The number of carbonyl (C=O) groups excluding carboxylic acids is 1. The van der Waals surface area contributed by atoms with Crippen LogP contribution in [0.15, 0.2) is 35.2 Å². The number of nitrogens with zero attached hydrogens (tertiary/aromatic N) is 1. The Morgan fingerprint density at radius 3 is 2.58 bits per heavy atom. The van der Waals surface area contributed by atoms with Crippen molar-refractivity contribution in [2.24, 2.45) is 0 Å². The number of sulfonamides is 1. The van der Waals surface area contributed by atoms with Crippen LogP contribution in [-0.2, 0) is 10.0 Å². The van der Waals surface area contributed by atoms with Gasteiger partial charge in [0.1, 0.15) is 0 Å². The van der Waals surface area contributed by atoms with Gasteiger partial charge in [0.15, 0.2) is 0 Å². The second-order valence-electron chi connectivity index (χ2n) is 5.53. The highest BCUT2D eigenvalue weighted by Gasteiger charge is 2.29. The largest absolute Gasteiger partial charge is 0.320 e. The SMILES string of the molecule is CNCCCNS(=O)(=O)c1ccc2c3c(cccc13)C(=O)N2C.Cl. The summed E-state index contributed by atoms with van der Waals surface area (Å²) < 4.78 is 27.8. The number of benzene rings is 2. The van der Waals surface area contributed by atoms with Gasteiger partial charge in [0, 0.05) is 29.9 Å². The molecule has 1 aliphatic rings. The monoisotopic (exact) mass is 369 g/mol. The predicted octanol–water partition coefficient (Wildman–Crippen LogP) is 1.74. The summed E-state index contributed by atoms with van der Waals surface area (Å²) in [6, 6.07) is 8.46. The normalized spacial score (nSPS) is 13.4. The molecule has 0 saturated heterocycles. The zero-order chi connectivity index (χ0) is 16.6. The molecule has 8 heteroatoms. The third-order valence-corrected chi connectivity index (χ3v) is 5.58. The lowest BCUT2D eigenvalue weighted by Crippen LogP contribution is -2.27. The van der Waals surface area contributed by atoms with E-state index in [0.29, 0.717) is 29.3 Å². The van der Waals surface area contributed by atoms with Gasteiger partial charge >= 0.3 is 0 Å². The lowest BCUT2D eigenvalue weighted by molar-refractivity contribution is 0.0999. The van der Waals surface area contributed by atoms with Crippen molar-refractivity contribution in [1.29, 1.82) is 0 Å². The van der Waals surface area contributed by atoms with Crippen molar-refractivity contribution in [3.05, 3.63) is 35.9 Å². The van der Waals surface area contributed by atoms with Crippen molar-refractivity contribution in [1.82, 2.24) is 10.0 Å². The summed E-state index contributed by atoms with van der Waals surface area (Å²) in [7, 11) is -0.0953. The second kappa shape index (κ2) is 7.06. The summed E-state index contributed by atoms with van der Waals surface area (Å²) in [5.41, 5.74) is 1.29. The van der Waals surface area contributed by atoms with Crippen LogP contribution in [0.4, 0.5) is 5.69 Å². The number of amides is 1. The van der Waals surface area contributed by atoms with E-state index < -0.39 is 10.0 Å². The van der Waals surface area contributed by atoms with Gasteiger partial charge in [0.05, 0.1) is 10.6 Å². The molecule has 0 saturated carbocycles. The van der Waals surface area contributed by atoms with Gasteiger partial charge in [0.2, 0.25) is 10.0 Å². The fourth-order valence-electron chi connectivity index (χ4n) is 2.89. The van der Waals surface area contributed by atoms with Crippen LogP contribution in [0.2, 0.25) is 0 Å². The van der Waals surface area contributed by atoms with Crippen LogP contribution in [0.1, 0.15) is 16.8 Å². The Morgan fingerprint density at radius 1 is 1.12 bits per heavy atom. The zero-order valence-electron chi connectivity index (χ0n) is 13.5. The van der Waals surface area contributed by atoms with Gasteiger partial charge in [-0.05, 0) is 38.2 Å². The molecule has 130 valence electrons. The van der Waals surface area contributed by atoms with Gasteiger partial charge in [-0.2, -0.15) is 0 Å². The Bertz CT molecular complexity index is 884. The van der Waals surface area contributed by atoms with Crippen molar-refractivity contribution < 1.29 is 13.2 Å². The first-order valence-corrected chi connectivity index (χ1v) is 8.94. The van der Waals surface area contributed by atoms with E-state index in [4.69, 9.17) is 0 Å². The average molecular weight is 370 g/mol. The van der Waals surface area contributed by atoms with Crippen LogP contribution in [0, 0.1) is 0 Å². The van der Waals surface area contributed by atoms with Crippen molar-refractivity contribution in [2.45, 2.75) is 11.3 Å². The molecule has 1 amide bonds. The van der Waals surface area contributed by atoms with Crippen molar-refractivity contribution >= 4 is 44.8 Å². The molecule has 0 spiro atoms. The van der Waals surface area contributed by atoms with E-state index in [1.807, 2.05) is 7.05 Å². The maximum atomic E-state index is 12.6.